The Kier molecular flexibility index (Phi) is 13.3. The van der Waals surface area contributed by atoms with Crippen LogP contribution in [0.5, 0.6) is 5.75 Å². The van der Waals surface area contributed by atoms with Gasteiger partial charge in [0.25, 0.3) is 20.2 Å². The van der Waals surface area contributed by atoms with Gasteiger partial charge in [-0.25, -0.2) is 8.91 Å². The van der Waals surface area contributed by atoms with Crippen LogP contribution in [0.15, 0.2) is 94.6 Å². The van der Waals surface area contributed by atoms with Gasteiger partial charge in [-0.3, -0.25) is 9.11 Å². The molecule has 0 amide bonds. The summed E-state index contributed by atoms with van der Waals surface area (Å²) < 4.78 is 78.8. The van der Waals surface area contributed by atoms with Gasteiger partial charge in [-0.1, -0.05) is 48.7 Å². The Labute approximate surface area is 246 Å². The zero-order valence-corrected chi connectivity index (χ0v) is 25.3. The number of aryl methyl sites for hydroxylation is 3. The maximum atomic E-state index is 12.4. The van der Waals surface area contributed by atoms with Crippen molar-refractivity contribution in [2.45, 2.75) is 49.8 Å². The predicted octanol–water partition coefficient (Wildman–Crippen LogP) is 5.35. The van der Waals surface area contributed by atoms with Gasteiger partial charge in [0.1, 0.15) is 12.4 Å². The molecule has 0 aliphatic heterocycles. The number of fused-ring (bicyclic) bond motifs is 1. The van der Waals surface area contributed by atoms with E-state index in [1.54, 1.807) is 24.3 Å². The third kappa shape index (κ3) is 11.7. The Morgan fingerprint density at radius 2 is 1.45 bits per heavy atom. The second kappa shape index (κ2) is 16.1. The van der Waals surface area contributed by atoms with Crippen LogP contribution in [0.25, 0.3) is 5.52 Å². The molecule has 0 saturated carbocycles. The molecule has 0 spiro atoms. The van der Waals surface area contributed by atoms with E-state index in [-0.39, 0.29) is 22.9 Å². The van der Waals surface area contributed by atoms with Crippen LogP contribution in [0.3, 0.4) is 0 Å². The summed E-state index contributed by atoms with van der Waals surface area (Å²) in [6.45, 7) is 6.17. The number of nitrogens with zero attached hydrogens (tertiary/aromatic N) is 2. The molecule has 0 fully saturated rings. The van der Waals surface area contributed by atoms with Crippen molar-refractivity contribution in [2.75, 3.05) is 13.2 Å². The lowest BCUT2D eigenvalue weighted by Gasteiger charge is -2.07. The standard InChI is InChI=1S/C15H20FN3O.2C7H8O3S/c1-2-3-4-13-7-14-8-15(5-6-19(14)18-13)20-11-12(9-16)10-17;2*1-6-2-4-7(5-3-6)11(8,9)10/h5-9H,2-4,10-11,17H2,1H3;2*2-5H,1H3,(H,8,9,10)/b12-9+;;. The molecule has 2 heterocycles. The molecule has 42 heavy (non-hydrogen) atoms. The smallest absolute Gasteiger partial charge is 0.294 e. The molecular formula is C29H36FN3O7S2. The van der Waals surface area contributed by atoms with Gasteiger partial charge in [0, 0.05) is 24.4 Å². The summed E-state index contributed by atoms with van der Waals surface area (Å²) in [6.07, 6.45) is 5.62. The fraction of sp³-hybridized carbons (Fsp3) is 0.276. The predicted molar refractivity (Wildman–Crippen MR) is 160 cm³/mol. The summed E-state index contributed by atoms with van der Waals surface area (Å²) in [6, 6.07) is 17.7. The van der Waals surface area contributed by atoms with E-state index in [1.165, 1.54) is 24.3 Å². The normalized spacial score (nSPS) is 11.7. The molecule has 0 aliphatic carbocycles. The Morgan fingerprint density at radius 1 is 0.929 bits per heavy atom. The number of halogens is 1. The second-order valence-electron chi connectivity index (χ2n) is 9.31. The van der Waals surface area contributed by atoms with E-state index in [4.69, 9.17) is 19.6 Å². The minimum atomic E-state index is -4.02. The number of hydrogen-bond acceptors (Lipinski definition) is 7. The number of unbranched alkanes of at least 4 members (excludes halogenated alkanes) is 1. The summed E-state index contributed by atoms with van der Waals surface area (Å²) in [5.41, 5.74) is 9.79. The minimum absolute atomic E-state index is 0.0666. The summed E-state index contributed by atoms with van der Waals surface area (Å²) in [5.74, 6) is 0.687. The number of ether oxygens (including phenoxy) is 1. The van der Waals surface area contributed by atoms with Crippen LogP contribution in [0.2, 0.25) is 0 Å². The fourth-order valence-electron chi connectivity index (χ4n) is 3.33. The number of aromatic nitrogens is 2. The summed E-state index contributed by atoms with van der Waals surface area (Å²) in [7, 11) is -8.04. The first-order valence-electron chi connectivity index (χ1n) is 12.9. The molecule has 2 aromatic heterocycles. The molecule has 0 aliphatic rings. The minimum Gasteiger partial charge on any atom is -0.489 e. The molecular weight excluding hydrogens is 585 g/mol. The van der Waals surface area contributed by atoms with Crippen molar-refractivity contribution < 1.29 is 35.1 Å². The van der Waals surface area contributed by atoms with Crippen LogP contribution < -0.4 is 10.5 Å². The van der Waals surface area contributed by atoms with E-state index < -0.39 is 20.2 Å². The Balaban J connectivity index is 0.000000239. The maximum Gasteiger partial charge on any atom is 0.294 e. The van der Waals surface area contributed by atoms with Crippen LogP contribution in [-0.2, 0) is 26.7 Å². The molecule has 10 nitrogen and oxygen atoms in total. The van der Waals surface area contributed by atoms with Crippen LogP contribution in [-0.4, -0.2) is 48.7 Å². The Bertz CT molecular complexity index is 1600. The van der Waals surface area contributed by atoms with Gasteiger partial charge in [0.2, 0.25) is 0 Å². The van der Waals surface area contributed by atoms with Crippen molar-refractivity contribution in [1.29, 1.82) is 0 Å². The number of pyridine rings is 1. The zero-order valence-electron chi connectivity index (χ0n) is 23.6. The SMILES string of the molecule is CCCCc1cc2cc(OC/C(=C/F)CN)ccn2n1.Cc1ccc(S(=O)(=O)O)cc1.Cc1ccc(S(=O)(=O)O)cc1. The highest BCUT2D eigenvalue weighted by Crippen LogP contribution is 2.17. The maximum absolute atomic E-state index is 12.4. The molecule has 2 aromatic carbocycles. The van der Waals surface area contributed by atoms with Crippen LogP contribution in [0.4, 0.5) is 4.39 Å². The third-order valence-electron chi connectivity index (χ3n) is 5.75. The van der Waals surface area contributed by atoms with E-state index in [2.05, 4.69) is 18.1 Å². The molecule has 228 valence electrons. The molecule has 0 unspecified atom stereocenters. The van der Waals surface area contributed by atoms with Crippen LogP contribution in [0.1, 0.15) is 36.6 Å². The molecule has 0 saturated heterocycles. The molecule has 4 rings (SSSR count). The van der Waals surface area contributed by atoms with Crippen molar-refractivity contribution in [3.05, 3.63) is 102 Å². The fourth-order valence-corrected chi connectivity index (χ4v) is 4.29. The average molecular weight is 622 g/mol. The molecule has 0 atom stereocenters. The number of nitrogens with two attached hydrogens (primary N) is 1. The first-order valence-corrected chi connectivity index (χ1v) is 15.8. The van der Waals surface area contributed by atoms with E-state index in [1.807, 2.05) is 36.7 Å². The van der Waals surface area contributed by atoms with Crippen molar-refractivity contribution in [1.82, 2.24) is 9.61 Å². The summed E-state index contributed by atoms with van der Waals surface area (Å²) in [4.78, 5) is -0.133. The highest BCUT2D eigenvalue weighted by atomic mass is 32.2. The van der Waals surface area contributed by atoms with E-state index >= 15 is 0 Å². The van der Waals surface area contributed by atoms with Gasteiger partial charge in [0.05, 0.1) is 27.3 Å². The Hall–Kier alpha value is -3.62. The lowest BCUT2D eigenvalue weighted by molar-refractivity contribution is 0.347. The quantitative estimate of drug-likeness (QED) is 0.209. The first kappa shape index (κ1) is 34.6. The molecule has 0 bridgehead atoms. The van der Waals surface area contributed by atoms with Crippen LogP contribution >= 0.6 is 0 Å². The van der Waals surface area contributed by atoms with E-state index in [0.717, 1.165) is 41.6 Å². The summed E-state index contributed by atoms with van der Waals surface area (Å²) in [5, 5.41) is 4.49. The topological polar surface area (TPSA) is 161 Å². The Morgan fingerprint density at radius 3 is 1.88 bits per heavy atom. The van der Waals surface area contributed by atoms with Gasteiger partial charge in [-0.15, -0.1) is 0 Å². The van der Waals surface area contributed by atoms with Crippen LogP contribution in [0, 0.1) is 13.8 Å². The first-order chi connectivity index (χ1) is 19.8. The third-order valence-corrected chi connectivity index (χ3v) is 7.49. The van der Waals surface area contributed by atoms with E-state index in [0.29, 0.717) is 17.7 Å². The van der Waals surface area contributed by atoms with Crippen molar-refractivity contribution in [2.24, 2.45) is 5.73 Å². The lowest BCUT2D eigenvalue weighted by Crippen LogP contribution is -2.10. The van der Waals surface area contributed by atoms with Gasteiger partial charge in [-0.05, 0) is 63.1 Å². The largest absolute Gasteiger partial charge is 0.489 e. The van der Waals surface area contributed by atoms with Crippen molar-refractivity contribution in [3.63, 3.8) is 0 Å². The van der Waals surface area contributed by atoms with Gasteiger partial charge in [-0.2, -0.15) is 21.9 Å². The summed E-state index contributed by atoms with van der Waals surface area (Å²) >= 11 is 0. The number of hydrogen-bond donors (Lipinski definition) is 3. The average Bonchev–Trinajstić information content (AvgIpc) is 3.35. The number of benzene rings is 2. The highest BCUT2D eigenvalue weighted by molar-refractivity contribution is 7.86. The molecule has 0 radical (unpaired) electrons. The highest BCUT2D eigenvalue weighted by Gasteiger charge is 2.08. The van der Waals surface area contributed by atoms with Gasteiger partial charge in [0.15, 0.2) is 0 Å². The second-order valence-corrected chi connectivity index (χ2v) is 12.2. The van der Waals surface area contributed by atoms with Gasteiger partial charge >= 0.3 is 0 Å². The van der Waals surface area contributed by atoms with Gasteiger partial charge < -0.3 is 10.5 Å². The molecule has 4 N–H and O–H groups in total. The molecule has 13 heteroatoms. The lowest BCUT2D eigenvalue weighted by atomic mass is 10.2. The molecule has 4 aromatic rings. The monoisotopic (exact) mass is 621 g/mol. The number of rotatable bonds is 9. The van der Waals surface area contributed by atoms with Crippen molar-refractivity contribution in [3.8, 4) is 5.75 Å². The zero-order chi connectivity index (χ0) is 31.3. The van der Waals surface area contributed by atoms with E-state index in [9.17, 15) is 21.2 Å². The van der Waals surface area contributed by atoms with Crippen molar-refractivity contribution >= 4 is 25.8 Å².